The predicted octanol–water partition coefficient (Wildman–Crippen LogP) is 3.04. The zero-order valence-electron chi connectivity index (χ0n) is 15.0. The molecule has 0 saturated carbocycles. The lowest BCUT2D eigenvalue weighted by molar-refractivity contribution is 0.0954. The second-order valence-electron chi connectivity index (χ2n) is 5.88. The van der Waals surface area contributed by atoms with E-state index >= 15 is 0 Å². The van der Waals surface area contributed by atoms with Crippen LogP contribution < -0.4 is 10.1 Å². The van der Waals surface area contributed by atoms with Crippen LogP contribution in [0.5, 0.6) is 0 Å². The van der Waals surface area contributed by atoms with Crippen molar-refractivity contribution in [3.8, 4) is 0 Å². The molecule has 0 aliphatic heterocycles. The number of anilines is 1. The third-order valence-electron chi connectivity index (χ3n) is 3.83. The summed E-state index contributed by atoms with van der Waals surface area (Å²) in [7, 11) is -3.68. The number of hydrogen-bond donors (Lipinski definition) is 2. The molecule has 3 aromatic rings. The van der Waals surface area contributed by atoms with E-state index in [1.807, 2.05) is 0 Å². The number of nitrogens with zero attached hydrogens (tertiary/aromatic N) is 2. The number of rotatable bonds is 6. The smallest absolute Gasteiger partial charge is 0.272 e. The normalized spacial score (nSPS) is 11.7. The molecule has 142 valence electrons. The van der Waals surface area contributed by atoms with Crippen LogP contribution in [0.2, 0.25) is 0 Å². The minimum Gasteiger partial charge on any atom is -0.280 e. The Labute approximate surface area is 163 Å². The van der Waals surface area contributed by atoms with Crippen LogP contribution in [0.4, 0.5) is 5.69 Å². The molecule has 0 fully saturated rings. The molecule has 28 heavy (non-hydrogen) atoms. The van der Waals surface area contributed by atoms with Gasteiger partial charge in [0.05, 0.1) is 16.2 Å². The van der Waals surface area contributed by atoms with E-state index in [9.17, 15) is 13.2 Å². The topological polar surface area (TPSA) is 101 Å². The van der Waals surface area contributed by atoms with E-state index in [0.29, 0.717) is 22.5 Å². The van der Waals surface area contributed by atoms with Gasteiger partial charge in [-0.1, -0.05) is 30.3 Å². The standard InChI is InChI=1S/C20H18N4O3S/c1-15(22-23-20(25)17-8-6-12-21-14-17)16-7-5-9-18(13-16)24-28(26,27)19-10-3-2-4-11-19/h2-14,24H,1H3,(H,23,25). The molecule has 0 bridgehead atoms. The largest absolute Gasteiger partial charge is 0.280 e. The molecule has 2 aromatic carbocycles. The third kappa shape index (κ3) is 4.80. The van der Waals surface area contributed by atoms with Crippen molar-refractivity contribution in [2.24, 2.45) is 5.10 Å². The first-order chi connectivity index (χ1) is 13.5. The predicted molar refractivity (Wildman–Crippen MR) is 108 cm³/mol. The summed E-state index contributed by atoms with van der Waals surface area (Å²) in [5.41, 5.74) is 4.44. The Hall–Kier alpha value is -3.52. The van der Waals surface area contributed by atoms with Crippen molar-refractivity contribution in [3.05, 3.63) is 90.3 Å². The van der Waals surface area contributed by atoms with Gasteiger partial charge in [0.25, 0.3) is 15.9 Å². The highest BCUT2D eigenvalue weighted by Gasteiger charge is 2.14. The van der Waals surface area contributed by atoms with Crippen LogP contribution in [0.1, 0.15) is 22.8 Å². The number of carbonyl (C=O) groups is 1. The minimum atomic E-state index is -3.68. The molecule has 1 heterocycles. The monoisotopic (exact) mass is 394 g/mol. The molecule has 7 nitrogen and oxygen atoms in total. The zero-order chi connectivity index (χ0) is 20.0. The van der Waals surface area contributed by atoms with Crippen molar-refractivity contribution >= 4 is 27.3 Å². The Kier molecular flexibility index (Phi) is 5.81. The van der Waals surface area contributed by atoms with Crippen molar-refractivity contribution < 1.29 is 13.2 Å². The molecule has 2 N–H and O–H groups in total. The van der Waals surface area contributed by atoms with Crippen molar-refractivity contribution in [1.29, 1.82) is 0 Å². The second-order valence-corrected chi connectivity index (χ2v) is 7.56. The second kappa shape index (κ2) is 8.45. The van der Waals surface area contributed by atoms with Crippen LogP contribution >= 0.6 is 0 Å². The Morgan fingerprint density at radius 1 is 0.964 bits per heavy atom. The highest BCUT2D eigenvalue weighted by molar-refractivity contribution is 7.92. The van der Waals surface area contributed by atoms with Crippen LogP contribution in [0.25, 0.3) is 0 Å². The summed E-state index contributed by atoms with van der Waals surface area (Å²) in [6, 6.07) is 18.2. The van der Waals surface area contributed by atoms with Gasteiger partial charge in [-0.15, -0.1) is 0 Å². The number of amides is 1. The lowest BCUT2D eigenvalue weighted by Gasteiger charge is -2.09. The van der Waals surface area contributed by atoms with E-state index < -0.39 is 10.0 Å². The fraction of sp³-hybridized carbons (Fsp3) is 0.0500. The summed E-state index contributed by atoms with van der Waals surface area (Å²) in [6.07, 6.45) is 3.02. The lowest BCUT2D eigenvalue weighted by Crippen LogP contribution is -2.19. The molecule has 1 amide bonds. The van der Waals surface area contributed by atoms with Gasteiger partial charge in [-0.2, -0.15) is 5.10 Å². The van der Waals surface area contributed by atoms with Crippen LogP contribution in [-0.4, -0.2) is 25.0 Å². The number of pyridine rings is 1. The maximum absolute atomic E-state index is 12.5. The maximum atomic E-state index is 12.5. The van der Waals surface area contributed by atoms with Crippen molar-refractivity contribution in [2.75, 3.05) is 4.72 Å². The number of sulfonamides is 1. The van der Waals surface area contributed by atoms with Crippen LogP contribution in [0, 0.1) is 0 Å². The van der Waals surface area contributed by atoms with Gasteiger partial charge in [0.1, 0.15) is 0 Å². The van der Waals surface area contributed by atoms with E-state index in [2.05, 4.69) is 20.2 Å². The van der Waals surface area contributed by atoms with Gasteiger partial charge >= 0.3 is 0 Å². The Morgan fingerprint density at radius 2 is 1.71 bits per heavy atom. The van der Waals surface area contributed by atoms with Crippen LogP contribution in [0.3, 0.4) is 0 Å². The van der Waals surface area contributed by atoms with Gasteiger partial charge in [-0.3, -0.25) is 14.5 Å². The molecular formula is C20H18N4O3S. The van der Waals surface area contributed by atoms with E-state index in [-0.39, 0.29) is 10.8 Å². The van der Waals surface area contributed by atoms with Gasteiger partial charge in [-0.25, -0.2) is 13.8 Å². The first-order valence-electron chi connectivity index (χ1n) is 8.39. The number of hydrazone groups is 1. The molecule has 0 unspecified atom stereocenters. The quantitative estimate of drug-likeness (QED) is 0.496. The van der Waals surface area contributed by atoms with E-state index in [0.717, 1.165) is 0 Å². The van der Waals surface area contributed by atoms with Gasteiger partial charge in [0.2, 0.25) is 0 Å². The Balaban J connectivity index is 1.74. The summed E-state index contributed by atoms with van der Waals surface area (Å²) >= 11 is 0. The van der Waals surface area contributed by atoms with Crippen LogP contribution in [0.15, 0.2) is 89.1 Å². The van der Waals surface area contributed by atoms with Crippen molar-refractivity contribution in [1.82, 2.24) is 10.4 Å². The van der Waals surface area contributed by atoms with Gasteiger partial charge in [0.15, 0.2) is 0 Å². The fourth-order valence-corrected chi connectivity index (χ4v) is 3.45. The highest BCUT2D eigenvalue weighted by atomic mass is 32.2. The molecule has 8 heteroatoms. The van der Waals surface area contributed by atoms with Gasteiger partial charge < -0.3 is 0 Å². The van der Waals surface area contributed by atoms with E-state index in [4.69, 9.17) is 0 Å². The number of benzene rings is 2. The Bertz CT molecular complexity index is 1100. The van der Waals surface area contributed by atoms with Crippen molar-refractivity contribution in [2.45, 2.75) is 11.8 Å². The summed E-state index contributed by atoms with van der Waals surface area (Å²) < 4.78 is 27.4. The van der Waals surface area contributed by atoms with Crippen molar-refractivity contribution in [3.63, 3.8) is 0 Å². The van der Waals surface area contributed by atoms with Gasteiger partial charge in [-0.05, 0) is 48.9 Å². The SMILES string of the molecule is CC(=NNC(=O)c1cccnc1)c1cccc(NS(=O)(=O)c2ccccc2)c1. The lowest BCUT2D eigenvalue weighted by atomic mass is 10.1. The molecule has 0 spiro atoms. The fourth-order valence-electron chi connectivity index (χ4n) is 2.38. The first kappa shape index (κ1) is 19.2. The molecule has 3 rings (SSSR count). The minimum absolute atomic E-state index is 0.175. The highest BCUT2D eigenvalue weighted by Crippen LogP contribution is 2.17. The zero-order valence-corrected chi connectivity index (χ0v) is 15.8. The first-order valence-corrected chi connectivity index (χ1v) is 9.87. The Morgan fingerprint density at radius 3 is 2.43 bits per heavy atom. The van der Waals surface area contributed by atoms with Gasteiger partial charge in [0, 0.05) is 18.1 Å². The average Bonchev–Trinajstić information content (AvgIpc) is 2.73. The van der Waals surface area contributed by atoms with E-state index in [1.165, 1.54) is 18.3 Å². The molecule has 0 atom stereocenters. The molecule has 0 aliphatic carbocycles. The summed E-state index contributed by atoms with van der Waals surface area (Å²) in [4.78, 5) is 16.1. The third-order valence-corrected chi connectivity index (χ3v) is 5.23. The maximum Gasteiger partial charge on any atom is 0.272 e. The molecule has 0 aliphatic rings. The summed E-state index contributed by atoms with van der Waals surface area (Å²) in [6.45, 7) is 1.72. The van der Waals surface area contributed by atoms with E-state index in [1.54, 1.807) is 67.7 Å². The number of nitrogens with one attached hydrogen (secondary N) is 2. The summed E-state index contributed by atoms with van der Waals surface area (Å²) in [5.74, 6) is -0.381. The molecular weight excluding hydrogens is 376 g/mol. The number of aromatic nitrogens is 1. The van der Waals surface area contributed by atoms with Crippen LogP contribution in [-0.2, 0) is 10.0 Å². The number of hydrogen-bond acceptors (Lipinski definition) is 5. The summed E-state index contributed by atoms with van der Waals surface area (Å²) in [5, 5.41) is 4.08. The molecule has 0 saturated heterocycles. The number of carbonyl (C=O) groups excluding carboxylic acids is 1. The average molecular weight is 394 g/mol. The molecule has 0 radical (unpaired) electrons. The molecule has 1 aromatic heterocycles.